The second-order valence-corrected chi connectivity index (χ2v) is 5.76. The van der Waals surface area contributed by atoms with Gasteiger partial charge in [-0.05, 0) is 45.0 Å². The van der Waals surface area contributed by atoms with Gasteiger partial charge < -0.3 is 15.5 Å². The van der Waals surface area contributed by atoms with E-state index in [1.807, 2.05) is 12.4 Å². The monoisotopic (exact) mass is 261 g/mol. The van der Waals surface area contributed by atoms with Gasteiger partial charge in [0.25, 0.3) is 0 Å². The van der Waals surface area contributed by atoms with Crippen molar-refractivity contribution in [3.63, 3.8) is 0 Å². The summed E-state index contributed by atoms with van der Waals surface area (Å²) in [4.78, 5) is 11.2. The highest BCUT2D eigenvalue weighted by Crippen LogP contribution is 2.25. The molecule has 3 heterocycles. The van der Waals surface area contributed by atoms with Crippen LogP contribution in [-0.2, 0) is 0 Å². The minimum Gasteiger partial charge on any atom is -0.353 e. The number of likely N-dealkylation sites (N-methyl/N-ethyl adjacent to an activating group) is 1. The van der Waals surface area contributed by atoms with Gasteiger partial charge in [0.2, 0.25) is 5.95 Å². The van der Waals surface area contributed by atoms with Crippen molar-refractivity contribution in [2.24, 2.45) is 0 Å². The van der Waals surface area contributed by atoms with E-state index in [4.69, 9.17) is 0 Å². The van der Waals surface area contributed by atoms with Crippen molar-refractivity contribution in [2.75, 3.05) is 38.5 Å². The molecule has 2 unspecified atom stereocenters. The minimum atomic E-state index is 0.576. The summed E-state index contributed by atoms with van der Waals surface area (Å²) in [6.07, 6.45) is 7.72. The number of likely N-dealkylation sites (tertiary alicyclic amines) is 1. The molecule has 5 heteroatoms. The van der Waals surface area contributed by atoms with Gasteiger partial charge in [0.1, 0.15) is 0 Å². The van der Waals surface area contributed by atoms with Gasteiger partial charge >= 0.3 is 0 Å². The molecule has 0 spiro atoms. The van der Waals surface area contributed by atoms with E-state index in [2.05, 4.69) is 32.5 Å². The topological polar surface area (TPSA) is 53.1 Å². The zero-order valence-electron chi connectivity index (χ0n) is 11.6. The molecule has 0 radical (unpaired) electrons. The van der Waals surface area contributed by atoms with Gasteiger partial charge in [-0.3, -0.25) is 0 Å². The first-order valence-corrected chi connectivity index (χ1v) is 7.29. The Kier molecular flexibility index (Phi) is 3.94. The predicted molar refractivity (Wildman–Crippen MR) is 76.4 cm³/mol. The number of hydrogen-bond donors (Lipinski definition) is 2. The third kappa shape index (κ3) is 3.22. The largest absolute Gasteiger partial charge is 0.353 e. The van der Waals surface area contributed by atoms with Crippen molar-refractivity contribution in [3.05, 3.63) is 18.0 Å². The lowest BCUT2D eigenvalue weighted by atomic mass is 10.0. The van der Waals surface area contributed by atoms with Crippen LogP contribution in [0.5, 0.6) is 0 Å². The van der Waals surface area contributed by atoms with Gasteiger partial charge in [-0.1, -0.05) is 0 Å². The molecule has 2 saturated heterocycles. The molecule has 0 aliphatic carbocycles. The summed E-state index contributed by atoms with van der Waals surface area (Å²) < 4.78 is 0. The van der Waals surface area contributed by atoms with Crippen LogP contribution in [0, 0.1) is 0 Å². The molecule has 0 aromatic carbocycles. The highest BCUT2D eigenvalue weighted by Gasteiger charge is 2.21. The molecule has 2 aliphatic heterocycles. The Bertz CT molecular complexity index is 399. The molecule has 3 rings (SSSR count). The van der Waals surface area contributed by atoms with Crippen LogP contribution in [0.1, 0.15) is 30.7 Å². The molecule has 2 atom stereocenters. The summed E-state index contributed by atoms with van der Waals surface area (Å²) in [5, 5.41) is 6.78. The Balaban J connectivity index is 1.53. The van der Waals surface area contributed by atoms with E-state index in [9.17, 15) is 0 Å². The van der Waals surface area contributed by atoms with Gasteiger partial charge in [0.05, 0.1) is 0 Å². The molecular formula is C14H23N5. The zero-order chi connectivity index (χ0) is 13.1. The highest BCUT2D eigenvalue weighted by atomic mass is 15.1. The fourth-order valence-corrected chi connectivity index (χ4v) is 2.99. The highest BCUT2D eigenvalue weighted by molar-refractivity contribution is 5.27. The van der Waals surface area contributed by atoms with E-state index in [-0.39, 0.29) is 0 Å². The second kappa shape index (κ2) is 5.84. The van der Waals surface area contributed by atoms with Crippen LogP contribution < -0.4 is 10.6 Å². The maximum Gasteiger partial charge on any atom is 0.222 e. The van der Waals surface area contributed by atoms with Crippen molar-refractivity contribution >= 4 is 5.95 Å². The van der Waals surface area contributed by atoms with E-state index < -0.39 is 0 Å². The van der Waals surface area contributed by atoms with Crippen LogP contribution in [0.4, 0.5) is 5.95 Å². The maximum absolute atomic E-state index is 4.44. The Morgan fingerprint density at radius 1 is 1.37 bits per heavy atom. The number of nitrogens with one attached hydrogen (secondary N) is 2. The molecule has 1 aromatic rings. The van der Waals surface area contributed by atoms with Crippen LogP contribution in [0.25, 0.3) is 0 Å². The van der Waals surface area contributed by atoms with Gasteiger partial charge in [-0.15, -0.1) is 0 Å². The summed E-state index contributed by atoms with van der Waals surface area (Å²) in [6.45, 7) is 4.37. The molecule has 19 heavy (non-hydrogen) atoms. The second-order valence-electron chi connectivity index (χ2n) is 5.76. The van der Waals surface area contributed by atoms with E-state index in [1.165, 1.54) is 31.4 Å². The van der Waals surface area contributed by atoms with E-state index in [0.29, 0.717) is 12.0 Å². The normalized spacial score (nSPS) is 27.8. The van der Waals surface area contributed by atoms with Crippen molar-refractivity contribution in [1.82, 2.24) is 20.2 Å². The molecule has 0 saturated carbocycles. The molecule has 1 aromatic heterocycles. The lowest BCUT2D eigenvalue weighted by Crippen LogP contribution is -2.29. The van der Waals surface area contributed by atoms with Crippen molar-refractivity contribution < 1.29 is 0 Å². The third-order valence-electron chi connectivity index (χ3n) is 4.20. The Labute approximate surface area is 114 Å². The van der Waals surface area contributed by atoms with E-state index in [0.717, 1.165) is 25.6 Å². The third-order valence-corrected chi connectivity index (χ3v) is 4.20. The van der Waals surface area contributed by atoms with Gasteiger partial charge in [0, 0.05) is 37.4 Å². The van der Waals surface area contributed by atoms with Crippen LogP contribution in [0.3, 0.4) is 0 Å². The quantitative estimate of drug-likeness (QED) is 0.849. The predicted octanol–water partition coefficient (Wildman–Crippen LogP) is 1.06. The first-order valence-electron chi connectivity index (χ1n) is 7.29. The summed E-state index contributed by atoms with van der Waals surface area (Å²) in [5.41, 5.74) is 1.27. The SMILES string of the molecule is CN1CCC(c2cnc(NCC3CCCN3)nc2)C1. The lowest BCUT2D eigenvalue weighted by molar-refractivity contribution is 0.411. The summed E-state index contributed by atoms with van der Waals surface area (Å²) >= 11 is 0. The van der Waals surface area contributed by atoms with Gasteiger partial charge in [0.15, 0.2) is 0 Å². The summed E-state index contributed by atoms with van der Waals surface area (Å²) in [5.74, 6) is 1.36. The molecule has 2 N–H and O–H groups in total. The fourth-order valence-electron chi connectivity index (χ4n) is 2.99. The Hall–Kier alpha value is -1.20. The average Bonchev–Trinajstić information content (AvgIpc) is 3.08. The molecule has 2 aliphatic rings. The Morgan fingerprint density at radius 2 is 2.21 bits per heavy atom. The smallest absolute Gasteiger partial charge is 0.222 e. The average molecular weight is 261 g/mol. The van der Waals surface area contributed by atoms with E-state index >= 15 is 0 Å². The molecule has 0 bridgehead atoms. The lowest BCUT2D eigenvalue weighted by Gasteiger charge is -2.13. The zero-order valence-corrected chi connectivity index (χ0v) is 11.6. The van der Waals surface area contributed by atoms with Crippen LogP contribution in [0.15, 0.2) is 12.4 Å². The minimum absolute atomic E-state index is 0.576. The molecular weight excluding hydrogens is 238 g/mol. The van der Waals surface area contributed by atoms with Crippen molar-refractivity contribution in [2.45, 2.75) is 31.2 Å². The van der Waals surface area contributed by atoms with Crippen LogP contribution in [-0.4, -0.2) is 54.1 Å². The van der Waals surface area contributed by atoms with Gasteiger partial charge in [-0.2, -0.15) is 0 Å². The van der Waals surface area contributed by atoms with Crippen LogP contribution in [0.2, 0.25) is 0 Å². The summed E-state index contributed by atoms with van der Waals surface area (Å²) in [7, 11) is 2.17. The number of anilines is 1. The fraction of sp³-hybridized carbons (Fsp3) is 0.714. The molecule has 2 fully saturated rings. The van der Waals surface area contributed by atoms with Crippen LogP contribution >= 0.6 is 0 Å². The maximum atomic E-state index is 4.44. The molecule has 104 valence electrons. The number of rotatable bonds is 4. The number of nitrogens with zero attached hydrogens (tertiary/aromatic N) is 3. The molecule has 0 amide bonds. The van der Waals surface area contributed by atoms with Gasteiger partial charge in [-0.25, -0.2) is 9.97 Å². The standard InChI is InChI=1S/C14H23N5/c1-19-6-4-11(10-19)12-7-16-14(17-8-12)18-9-13-3-2-5-15-13/h7-8,11,13,15H,2-6,9-10H2,1H3,(H,16,17,18). The first-order chi connectivity index (χ1) is 9.31. The van der Waals surface area contributed by atoms with Crippen molar-refractivity contribution in [3.8, 4) is 0 Å². The Morgan fingerprint density at radius 3 is 2.84 bits per heavy atom. The van der Waals surface area contributed by atoms with Crippen molar-refractivity contribution in [1.29, 1.82) is 0 Å². The van der Waals surface area contributed by atoms with E-state index in [1.54, 1.807) is 0 Å². The summed E-state index contributed by atoms with van der Waals surface area (Å²) in [6, 6.07) is 0.576. The number of aromatic nitrogens is 2. The first kappa shape index (κ1) is 12.8. The molecule has 5 nitrogen and oxygen atoms in total. The number of hydrogen-bond acceptors (Lipinski definition) is 5.